The fraction of sp³-hybridized carbons (Fsp3) is 0.562. The van der Waals surface area contributed by atoms with E-state index in [1.165, 1.54) is 0 Å². The van der Waals surface area contributed by atoms with Crippen molar-refractivity contribution in [1.82, 2.24) is 5.32 Å². The van der Waals surface area contributed by atoms with Crippen LogP contribution in [0.2, 0.25) is 0 Å². The van der Waals surface area contributed by atoms with E-state index in [1.54, 1.807) is 19.2 Å². The number of methoxy groups -OCH3 is 1. The molecule has 1 saturated heterocycles. The van der Waals surface area contributed by atoms with Crippen LogP contribution in [0.3, 0.4) is 0 Å². The number of ether oxygens (including phenoxy) is 3. The van der Waals surface area contributed by atoms with Crippen LogP contribution >= 0.6 is 0 Å². The van der Waals surface area contributed by atoms with Gasteiger partial charge in [-0.25, -0.2) is 0 Å². The molecule has 0 unspecified atom stereocenters. The maximum absolute atomic E-state index is 12.0. The molecular formula is C16H23NO4. The number of hydrogen-bond donors (Lipinski definition) is 1. The third-order valence-corrected chi connectivity index (χ3v) is 3.37. The Morgan fingerprint density at radius 3 is 3.14 bits per heavy atom. The lowest BCUT2D eigenvalue weighted by Gasteiger charge is -2.12. The number of carbonyl (C=O) groups excluding carboxylic acids is 1. The maximum atomic E-state index is 12.0. The molecule has 1 N–H and O–H groups in total. The zero-order chi connectivity index (χ0) is 14.9. The summed E-state index contributed by atoms with van der Waals surface area (Å²) < 4.78 is 16.2. The highest BCUT2D eigenvalue weighted by Gasteiger charge is 2.16. The van der Waals surface area contributed by atoms with Crippen molar-refractivity contribution in [3.63, 3.8) is 0 Å². The highest BCUT2D eigenvalue weighted by atomic mass is 16.5. The lowest BCUT2D eigenvalue weighted by atomic mass is 10.2. The molecule has 1 aliphatic rings. The second kappa shape index (κ2) is 8.64. The van der Waals surface area contributed by atoms with Gasteiger partial charge in [0.15, 0.2) is 0 Å². The van der Waals surface area contributed by atoms with Gasteiger partial charge in [-0.1, -0.05) is 6.07 Å². The van der Waals surface area contributed by atoms with Crippen molar-refractivity contribution >= 4 is 5.91 Å². The summed E-state index contributed by atoms with van der Waals surface area (Å²) in [6.07, 6.45) is 3.12. The monoisotopic (exact) mass is 293 g/mol. The molecule has 0 radical (unpaired) electrons. The summed E-state index contributed by atoms with van der Waals surface area (Å²) in [6.45, 7) is 2.61. The normalized spacial score (nSPS) is 17.7. The molecule has 1 heterocycles. The van der Waals surface area contributed by atoms with Crippen molar-refractivity contribution < 1.29 is 19.0 Å². The molecule has 1 aliphatic heterocycles. The van der Waals surface area contributed by atoms with Gasteiger partial charge in [0.2, 0.25) is 0 Å². The smallest absolute Gasteiger partial charge is 0.251 e. The molecule has 1 atom stereocenters. The third kappa shape index (κ3) is 5.36. The number of rotatable bonds is 8. The number of hydrogen-bond acceptors (Lipinski definition) is 4. The third-order valence-electron chi connectivity index (χ3n) is 3.37. The second-order valence-electron chi connectivity index (χ2n) is 5.08. The van der Waals surface area contributed by atoms with E-state index < -0.39 is 0 Å². The van der Waals surface area contributed by atoms with Crippen molar-refractivity contribution in [2.24, 2.45) is 0 Å². The SMILES string of the molecule is COCCCNC(=O)c1cccc(OC[C@@H]2CCCO2)c1. The molecule has 2 rings (SSSR count). The van der Waals surface area contributed by atoms with Gasteiger partial charge in [0.1, 0.15) is 12.4 Å². The Hall–Kier alpha value is -1.59. The molecule has 0 bridgehead atoms. The van der Waals surface area contributed by atoms with E-state index in [2.05, 4.69) is 5.32 Å². The Morgan fingerprint density at radius 2 is 2.38 bits per heavy atom. The quantitative estimate of drug-likeness (QED) is 0.745. The molecule has 5 heteroatoms. The van der Waals surface area contributed by atoms with Crippen molar-refractivity contribution in [3.8, 4) is 5.75 Å². The molecule has 1 fully saturated rings. The van der Waals surface area contributed by atoms with E-state index in [-0.39, 0.29) is 12.0 Å². The largest absolute Gasteiger partial charge is 0.491 e. The van der Waals surface area contributed by atoms with Crippen LogP contribution in [-0.4, -0.2) is 45.5 Å². The van der Waals surface area contributed by atoms with Gasteiger partial charge < -0.3 is 19.5 Å². The molecule has 21 heavy (non-hydrogen) atoms. The van der Waals surface area contributed by atoms with Crippen LogP contribution in [0.4, 0.5) is 0 Å². The summed E-state index contributed by atoms with van der Waals surface area (Å²) in [4.78, 5) is 12.0. The van der Waals surface area contributed by atoms with Gasteiger partial charge >= 0.3 is 0 Å². The van der Waals surface area contributed by atoms with Crippen LogP contribution in [0.15, 0.2) is 24.3 Å². The summed E-state index contributed by atoms with van der Waals surface area (Å²) in [5.74, 6) is 0.615. The van der Waals surface area contributed by atoms with Crippen LogP contribution in [0.5, 0.6) is 5.75 Å². The Morgan fingerprint density at radius 1 is 1.48 bits per heavy atom. The van der Waals surface area contributed by atoms with E-state index in [9.17, 15) is 4.79 Å². The minimum absolute atomic E-state index is 0.0892. The van der Waals surface area contributed by atoms with Crippen molar-refractivity contribution in [3.05, 3.63) is 29.8 Å². The van der Waals surface area contributed by atoms with Crippen molar-refractivity contribution in [2.75, 3.05) is 33.5 Å². The average Bonchev–Trinajstić information content (AvgIpc) is 3.03. The number of amides is 1. The van der Waals surface area contributed by atoms with Crippen LogP contribution in [0.1, 0.15) is 29.6 Å². The van der Waals surface area contributed by atoms with Gasteiger partial charge in [-0.2, -0.15) is 0 Å². The van der Waals surface area contributed by atoms with Gasteiger partial charge in [-0.05, 0) is 37.5 Å². The Kier molecular flexibility index (Phi) is 6.50. The van der Waals surface area contributed by atoms with Crippen molar-refractivity contribution in [2.45, 2.75) is 25.4 Å². The summed E-state index contributed by atoms with van der Waals surface area (Å²) in [5, 5.41) is 2.86. The first-order valence-corrected chi connectivity index (χ1v) is 7.41. The lowest BCUT2D eigenvalue weighted by molar-refractivity contribution is 0.0679. The summed E-state index contributed by atoms with van der Waals surface area (Å²) >= 11 is 0. The molecular weight excluding hydrogens is 270 g/mol. The molecule has 5 nitrogen and oxygen atoms in total. The second-order valence-corrected chi connectivity index (χ2v) is 5.08. The standard InChI is InChI=1S/C16H23NO4/c1-19-9-4-8-17-16(18)13-5-2-6-14(11-13)21-12-15-7-3-10-20-15/h2,5-6,11,15H,3-4,7-10,12H2,1H3,(H,17,18)/t15-/m0/s1. The first kappa shape index (κ1) is 15.8. The zero-order valence-corrected chi connectivity index (χ0v) is 12.5. The first-order chi connectivity index (χ1) is 10.3. The van der Waals surface area contributed by atoms with E-state index in [1.807, 2.05) is 12.1 Å². The van der Waals surface area contributed by atoms with Crippen LogP contribution in [-0.2, 0) is 9.47 Å². The van der Waals surface area contributed by atoms with E-state index in [0.29, 0.717) is 31.1 Å². The van der Waals surface area contributed by atoms with Gasteiger partial charge in [0.05, 0.1) is 6.10 Å². The van der Waals surface area contributed by atoms with E-state index in [0.717, 1.165) is 25.9 Å². The number of benzene rings is 1. The predicted octanol–water partition coefficient (Wildman–Crippen LogP) is 2.01. The van der Waals surface area contributed by atoms with E-state index >= 15 is 0 Å². The van der Waals surface area contributed by atoms with E-state index in [4.69, 9.17) is 14.2 Å². The molecule has 0 aliphatic carbocycles. The fourth-order valence-electron chi connectivity index (χ4n) is 2.21. The highest BCUT2D eigenvalue weighted by Crippen LogP contribution is 2.17. The minimum atomic E-state index is -0.0892. The van der Waals surface area contributed by atoms with Gasteiger partial charge in [0, 0.05) is 32.4 Å². The molecule has 116 valence electrons. The molecule has 1 aromatic rings. The molecule has 0 spiro atoms. The molecule has 1 amide bonds. The first-order valence-electron chi connectivity index (χ1n) is 7.41. The summed E-state index contributed by atoms with van der Waals surface area (Å²) in [7, 11) is 1.65. The molecule has 0 aromatic heterocycles. The zero-order valence-electron chi connectivity index (χ0n) is 12.5. The maximum Gasteiger partial charge on any atom is 0.251 e. The number of carbonyl (C=O) groups is 1. The lowest BCUT2D eigenvalue weighted by Crippen LogP contribution is -2.25. The highest BCUT2D eigenvalue weighted by molar-refractivity contribution is 5.94. The minimum Gasteiger partial charge on any atom is -0.491 e. The Bertz CT molecular complexity index is 444. The summed E-state index contributed by atoms with van der Waals surface area (Å²) in [5.41, 5.74) is 0.609. The van der Waals surface area contributed by atoms with Gasteiger partial charge in [-0.3, -0.25) is 4.79 Å². The summed E-state index contributed by atoms with van der Waals surface area (Å²) in [6, 6.07) is 7.23. The Balaban J connectivity index is 1.80. The number of nitrogens with one attached hydrogen (secondary N) is 1. The van der Waals surface area contributed by atoms with Crippen LogP contribution < -0.4 is 10.1 Å². The average molecular weight is 293 g/mol. The van der Waals surface area contributed by atoms with Gasteiger partial charge in [-0.15, -0.1) is 0 Å². The topological polar surface area (TPSA) is 56.8 Å². The van der Waals surface area contributed by atoms with Crippen molar-refractivity contribution in [1.29, 1.82) is 0 Å². The molecule has 0 saturated carbocycles. The fourth-order valence-corrected chi connectivity index (χ4v) is 2.21. The van der Waals surface area contributed by atoms with Gasteiger partial charge in [0.25, 0.3) is 5.91 Å². The molecule has 1 aromatic carbocycles. The Labute approximate surface area is 125 Å². The van der Waals surface area contributed by atoms with Crippen LogP contribution in [0, 0.1) is 0 Å². The predicted molar refractivity (Wildman–Crippen MR) is 79.7 cm³/mol. The van der Waals surface area contributed by atoms with Crippen LogP contribution in [0.25, 0.3) is 0 Å².